The summed E-state index contributed by atoms with van der Waals surface area (Å²) in [6.07, 6.45) is 1.14. The fourth-order valence-electron chi connectivity index (χ4n) is 4.37. The van der Waals surface area contributed by atoms with Crippen molar-refractivity contribution in [2.75, 3.05) is 13.7 Å². The molecule has 4 rings (SSSR count). The lowest BCUT2D eigenvalue weighted by Gasteiger charge is -2.37. The molecule has 1 aliphatic heterocycles. The van der Waals surface area contributed by atoms with Gasteiger partial charge in [-0.05, 0) is 48.1 Å². The Morgan fingerprint density at radius 1 is 1.09 bits per heavy atom. The van der Waals surface area contributed by atoms with Crippen molar-refractivity contribution in [3.8, 4) is 0 Å². The third kappa shape index (κ3) is 4.83. The number of ether oxygens (including phenoxy) is 1. The number of carbonyl (C=O) groups excluding carboxylic acids is 2. The molecule has 5 nitrogen and oxygen atoms in total. The molecule has 2 atom stereocenters. The van der Waals surface area contributed by atoms with Crippen LogP contribution >= 0.6 is 0 Å². The standard InChI is InChI=1S/C25H28F2N2O3/c1-32-24(31)19-6-8-20(9-7-19)25(11-12-25)28-23(30)22-14-21(27)10-13-29(22)16-18-4-2-17(15-26)3-5-18/h2-9,21-22H,10-16H2,1H3,(H,28,30)/t21?,22-/m1/s1. The second kappa shape index (κ2) is 9.36. The van der Waals surface area contributed by atoms with Crippen molar-refractivity contribution in [3.05, 3.63) is 70.8 Å². The third-order valence-electron chi connectivity index (χ3n) is 6.49. The Kier molecular flexibility index (Phi) is 6.55. The normalized spacial score (nSPS) is 22.2. The minimum Gasteiger partial charge on any atom is -0.465 e. The lowest BCUT2D eigenvalue weighted by atomic mass is 9.97. The summed E-state index contributed by atoms with van der Waals surface area (Å²) in [5.41, 5.74) is 2.50. The fourth-order valence-corrected chi connectivity index (χ4v) is 4.37. The van der Waals surface area contributed by atoms with E-state index in [4.69, 9.17) is 4.74 Å². The number of alkyl halides is 2. The summed E-state index contributed by atoms with van der Waals surface area (Å²) in [4.78, 5) is 26.9. The van der Waals surface area contributed by atoms with Gasteiger partial charge in [0.05, 0.1) is 24.3 Å². The van der Waals surface area contributed by atoms with E-state index in [-0.39, 0.29) is 12.3 Å². The highest BCUT2D eigenvalue weighted by atomic mass is 19.1. The van der Waals surface area contributed by atoms with Gasteiger partial charge < -0.3 is 10.1 Å². The molecule has 1 aliphatic carbocycles. The maximum Gasteiger partial charge on any atom is 0.337 e. The average Bonchev–Trinajstić information content (AvgIpc) is 3.60. The summed E-state index contributed by atoms with van der Waals surface area (Å²) in [6, 6.07) is 13.7. The molecule has 1 saturated heterocycles. The Morgan fingerprint density at radius 3 is 2.34 bits per heavy atom. The molecule has 2 aromatic rings. The van der Waals surface area contributed by atoms with Gasteiger partial charge in [-0.15, -0.1) is 0 Å². The summed E-state index contributed by atoms with van der Waals surface area (Å²) in [5.74, 6) is -0.584. The van der Waals surface area contributed by atoms with Gasteiger partial charge >= 0.3 is 5.97 Å². The van der Waals surface area contributed by atoms with Crippen LogP contribution < -0.4 is 5.32 Å². The minimum absolute atomic E-state index is 0.158. The topological polar surface area (TPSA) is 58.6 Å². The predicted molar refractivity (Wildman–Crippen MR) is 116 cm³/mol. The van der Waals surface area contributed by atoms with E-state index >= 15 is 0 Å². The molecule has 32 heavy (non-hydrogen) atoms. The van der Waals surface area contributed by atoms with Crippen LogP contribution in [0.4, 0.5) is 8.78 Å². The van der Waals surface area contributed by atoms with Gasteiger partial charge in [-0.2, -0.15) is 0 Å². The average molecular weight is 443 g/mol. The van der Waals surface area contributed by atoms with Gasteiger partial charge in [0.15, 0.2) is 0 Å². The monoisotopic (exact) mass is 442 g/mol. The molecule has 170 valence electrons. The SMILES string of the molecule is COC(=O)c1ccc(C2(NC(=O)[C@H]3CC(F)CCN3Cc3ccc(CF)cc3)CC2)cc1. The maximum atomic E-state index is 14.2. The Hall–Kier alpha value is -2.80. The van der Waals surface area contributed by atoms with Crippen LogP contribution in [0.25, 0.3) is 0 Å². The number of amides is 1. The number of esters is 1. The number of methoxy groups -OCH3 is 1. The summed E-state index contributed by atoms with van der Waals surface area (Å²) in [6.45, 7) is 0.490. The molecule has 0 radical (unpaired) electrons. The molecule has 1 N–H and O–H groups in total. The van der Waals surface area contributed by atoms with Crippen molar-refractivity contribution in [1.29, 1.82) is 0 Å². The molecule has 1 amide bonds. The predicted octanol–water partition coefficient (Wildman–Crippen LogP) is 4.05. The van der Waals surface area contributed by atoms with Crippen LogP contribution in [0.3, 0.4) is 0 Å². The van der Waals surface area contributed by atoms with Crippen LogP contribution in [0.5, 0.6) is 0 Å². The van der Waals surface area contributed by atoms with Crippen LogP contribution in [-0.2, 0) is 28.3 Å². The molecule has 2 aromatic carbocycles. The molecule has 0 bridgehead atoms. The molecule has 2 fully saturated rings. The van der Waals surface area contributed by atoms with Gasteiger partial charge in [-0.3, -0.25) is 9.69 Å². The Balaban J connectivity index is 1.46. The number of nitrogens with zero attached hydrogens (tertiary/aromatic N) is 1. The molecule has 0 spiro atoms. The molecule has 1 heterocycles. The van der Waals surface area contributed by atoms with E-state index in [2.05, 4.69) is 5.32 Å². The van der Waals surface area contributed by atoms with E-state index in [9.17, 15) is 18.4 Å². The van der Waals surface area contributed by atoms with Crippen LogP contribution in [0, 0.1) is 0 Å². The zero-order chi connectivity index (χ0) is 22.7. The van der Waals surface area contributed by atoms with Crippen molar-refractivity contribution < 1.29 is 23.1 Å². The smallest absolute Gasteiger partial charge is 0.337 e. The Bertz CT molecular complexity index is 958. The van der Waals surface area contributed by atoms with E-state index in [1.54, 1.807) is 24.3 Å². The van der Waals surface area contributed by atoms with E-state index in [0.717, 1.165) is 24.0 Å². The second-order valence-corrected chi connectivity index (χ2v) is 8.70. The number of benzene rings is 2. The largest absolute Gasteiger partial charge is 0.465 e. The van der Waals surface area contributed by atoms with Crippen molar-refractivity contribution >= 4 is 11.9 Å². The molecule has 1 unspecified atom stereocenters. The van der Waals surface area contributed by atoms with Gasteiger partial charge in [-0.1, -0.05) is 36.4 Å². The molecule has 0 aromatic heterocycles. The number of likely N-dealkylation sites (tertiary alicyclic amines) is 1. The van der Waals surface area contributed by atoms with Crippen molar-refractivity contribution in [1.82, 2.24) is 10.2 Å². The molecular weight excluding hydrogens is 414 g/mol. The van der Waals surface area contributed by atoms with Gasteiger partial charge in [0.2, 0.25) is 5.91 Å². The Morgan fingerprint density at radius 2 is 1.75 bits per heavy atom. The first-order chi connectivity index (χ1) is 15.4. The molecule has 7 heteroatoms. The lowest BCUT2D eigenvalue weighted by Crippen LogP contribution is -2.53. The van der Waals surface area contributed by atoms with Gasteiger partial charge in [0.1, 0.15) is 12.8 Å². The Labute approximate surface area is 186 Å². The van der Waals surface area contributed by atoms with Crippen molar-refractivity contribution in [2.45, 2.75) is 56.7 Å². The first-order valence-electron chi connectivity index (χ1n) is 11.0. The number of hydrogen-bond acceptors (Lipinski definition) is 4. The number of nitrogens with one attached hydrogen (secondary N) is 1. The van der Waals surface area contributed by atoms with Gasteiger partial charge in [0, 0.05) is 19.5 Å². The first-order valence-corrected chi connectivity index (χ1v) is 11.0. The highest BCUT2D eigenvalue weighted by Gasteiger charge is 2.47. The maximum absolute atomic E-state index is 14.2. The van der Waals surface area contributed by atoms with E-state index in [0.29, 0.717) is 30.6 Å². The number of carbonyl (C=O) groups is 2. The molecular formula is C25H28F2N2O3. The molecule has 2 aliphatic rings. The van der Waals surface area contributed by atoms with Crippen LogP contribution in [0.1, 0.15) is 52.7 Å². The highest BCUT2D eigenvalue weighted by molar-refractivity contribution is 5.89. The quantitative estimate of drug-likeness (QED) is 0.658. The highest BCUT2D eigenvalue weighted by Crippen LogP contribution is 2.46. The van der Waals surface area contributed by atoms with Gasteiger partial charge in [0.25, 0.3) is 0 Å². The summed E-state index contributed by atoms with van der Waals surface area (Å²) >= 11 is 0. The van der Waals surface area contributed by atoms with Crippen LogP contribution in [-0.4, -0.2) is 42.6 Å². The third-order valence-corrected chi connectivity index (χ3v) is 6.49. The van der Waals surface area contributed by atoms with E-state index < -0.39 is 30.4 Å². The number of piperidine rings is 1. The second-order valence-electron chi connectivity index (χ2n) is 8.70. The minimum atomic E-state index is -1.01. The van der Waals surface area contributed by atoms with Crippen LogP contribution in [0.2, 0.25) is 0 Å². The number of hydrogen-bond donors (Lipinski definition) is 1. The zero-order valence-corrected chi connectivity index (χ0v) is 18.2. The van der Waals surface area contributed by atoms with Crippen molar-refractivity contribution in [3.63, 3.8) is 0 Å². The van der Waals surface area contributed by atoms with E-state index in [1.165, 1.54) is 7.11 Å². The number of halogens is 2. The fraction of sp³-hybridized carbons (Fsp3) is 0.440. The zero-order valence-electron chi connectivity index (χ0n) is 18.2. The summed E-state index contributed by atoms with van der Waals surface area (Å²) in [5, 5.41) is 3.16. The van der Waals surface area contributed by atoms with Crippen LogP contribution in [0.15, 0.2) is 48.5 Å². The summed E-state index contributed by atoms with van der Waals surface area (Å²) < 4.78 is 31.8. The van der Waals surface area contributed by atoms with E-state index in [1.807, 2.05) is 29.2 Å². The van der Waals surface area contributed by atoms with Gasteiger partial charge in [-0.25, -0.2) is 13.6 Å². The summed E-state index contributed by atoms with van der Waals surface area (Å²) in [7, 11) is 1.34. The van der Waals surface area contributed by atoms with Crippen molar-refractivity contribution in [2.24, 2.45) is 0 Å². The molecule has 1 saturated carbocycles. The lowest BCUT2D eigenvalue weighted by molar-refractivity contribution is -0.130. The first kappa shape index (κ1) is 22.4. The number of rotatable bonds is 7.